The van der Waals surface area contributed by atoms with Gasteiger partial charge in [0.2, 0.25) is 0 Å². The molecule has 1 aromatic carbocycles. The van der Waals surface area contributed by atoms with Gasteiger partial charge in [-0.05, 0) is 24.7 Å². The molecular weight excluding hydrogens is 230 g/mol. The van der Waals surface area contributed by atoms with Crippen LogP contribution in [0.5, 0.6) is 0 Å². The number of nitrogens with one attached hydrogen (secondary N) is 1. The van der Waals surface area contributed by atoms with Crippen LogP contribution in [0.4, 0.5) is 0 Å². The maximum Gasteiger partial charge on any atom is 0.0556 e. The lowest BCUT2D eigenvalue weighted by molar-refractivity contribution is 0.218. The van der Waals surface area contributed by atoms with Crippen LogP contribution in [0, 0.1) is 0 Å². The van der Waals surface area contributed by atoms with Crippen LogP contribution in [0.2, 0.25) is 5.02 Å². The summed E-state index contributed by atoms with van der Waals surface area (Å²) >= 11 is 7.91. The number of ether oxygens (including phenoxy) is 1. The fourth-order valence-corrected chi connectivity index (χ4v) is 2.56. The standard InChI is InChI=1S/C11H16ClNOS/c1-13-8-9-10(12)4-3-5-11(9)15-7-6-14-2/h3-5,13H,6-8H2,1-2H3. The minimum absolute atomic E-state index is 0.760. The maximum absolute atomic E-state index is 6.14. The Morgan fingerprint density at radius 1 is 1.47 bits per heavy atom. The third-order valence-corrected chi connectivity index (χ3v) is 3.39. The van der Waals surface area contributed by atoms with Crippen LogP contribution in [0.25, 0.3) is 0 Å². The minimum atomic E-state index is 0.760. The average Bonchev–Trinajstić information content (AvgIpc) is 2.23. The number of methoxy groups -OCH3 is 1. The molecule has 0 atom stereocenters. The van der Waals surface area contributed by atoms with E-state index in [-0.39, 0.29) is 0 Å². The summed E-state index contributed by atoms with van der Waals surface area (Å²) in [5, 5.41) is 3.95. The van der Waals surface area contributed by atoms with Gasteiger partial charge in [-0.3, -0.25) is 0 Å². The van der Waals surface area contributed by atoms with Gasteiger partial charge in [-0.15, -0.1) is 11.8 Å². The second-order valence-electron chi connectivity index (χ2n) is 3.09. The zero-order valence-electron chi connectivity index (χ0n) is 9.05. The fourth-order valence-electron chi connectivity index (χ4n) is 1.26. The van der Waals surface area contributed by atoms with Crippen molar-refractivity contribution in [3.05, 3.63) is 28.8 Å². The number of rotatable bonds is 6. The SMILES string of the molecule is CNCc1c(Cl)cccc1SCCOC. The molecule has 2 nitrogen and oxygen atoms in total. The van der Waals surface area contributed by atoms with Gasteiger partial charge in [0.1, 0.15) is 0 Å². The minimum Gasteiger partial charge on any atom is -0.384 e. The van der Waals surface area contributed by atoms with E-state index >= 15 is 0 Å². The van der Waals surface area contributed by atoms with E-state index in [0.29, 0.717) is 0 Å². The molecule has 0 saturated carbocycles. The molecule has 0 aliphatic carbocycles. The Morgan fingerprint density at radius 3 is 2.93 bits per heavy atom. The average molecular weight is 246 g/mol. The molecule has 0 unspecified atom stereocenters. The lowest BCUT2D eigenvalue weighted by atomic mass is 10.2. The second-order valence-corrected chi connectivity index (χ2v) is 4.63. The summed E-state index contributed by atoms with van der Waals surface area (Å²) in [6.07, 6.45) is 0. The zero-order valence-corrected chi connectivity index (χ0v) is 10.6. The van der Waals surface area contributed by atoms with Gasteiger partial charge in [-0.2, -0.15) is 0 Å². The molecule has 0 radical (unpaired) electrons. The monoisotopic (exact) mass is 245 g/mol. The van der Waals surface area contributed by atoms with Crippen LogP contribution in [-0.4, -0.2) is 26.5 Å². The van der Waals surface area contributed by atoms with Gasteiger partial charge in [0, 0.05) is 29.3 Å². The van der Waals surface area contributed by atoms with E-state index < -0.39 is 0 Å². The summed E-state index contributed by atoms with van der Waals surface area (Å²) in [6, 6.07) is 6.00. The zero-order chi connectivity index (χ0) is 11.1. The third kappa shape index (κ3) is 4.03. The van der Waals surface area contributed by atoms with E-state index in [0.717, 1.165) is 23.9 Å². The van der Waals surface area contributed by atoms with Gasteiger partial charge >= 0.3 is 0 Å². The number of halogens is 1. The van der Waals surface area contributed by atoms with Gasteiger partial charge < -0.3 is 10.1 Å². The van der Waals surface area contributed by atoms with Crippen LogP contribution in [0.15, 0.2) is 23.1 Å². The van der Waals surface area contributed by atoms with Crippen molar-refractivity contribution in [2.75, 3.05) is 26.5 Å². The molecule has 84 valence electrons. The van der Waals surface area contributed by atoms with Crippen LogP contribution < -0.4 is 5.32 Å². The highest BCUT2D eigenvalue weighted by Gasteiger charge is 2.06. The Kier molecular flexibility index (Phi) is 6.10. The molecule has 0 fully saturated rings. The normalized spacial score (nSPS) is 10.6. The van der Waals surface area contributed by atoms with Crippen molar-refractivity contribution in [3.63, 3.8) is 0 Å². The molecule has 0 aliphatic heterocycles. The first-order chi connectivity index (χ1) is 7.29. The highest BCUT2D eigenvalue weighted by molar-refractivity contribution is 7.99. The molecular formula is C11H16ClNOS. The summed E-state index contributed by atoms with van der Waals surface area (Å²) in [7, 11) is 3.64. The van der Waals surface area contributed by atoms with E-state index in [4.69, 9.17) is 16.3 Å². The first-order valence-electron chi connectivity index (χ1n) is 4.83. The molecule has 0 aromatic heterocycles. The van der Waals surface area contributed by atoms with Crippen LogP contribution in [-0.2, 0) is 11.3 Å². The molecule has 0 heterocycles. The Labute approximate surface area is 100 Å². The molecule has 0 amide bonds. The smallest absolute Gasteiger partial charge is 0.0556 e. The second kappa shape index (κ2) is 7.12. The van der Waals surface area contributed by atoms with Gasteiger partial charge in [-0.1, -0.05) is 17.7 Å². The number of hydrogen-bond donors (Lipinski definition) is 1. The van der Waals surface area contributed by atoms with Crippen molar-refractivity contribution in [1.82, 2.24) is 5.32 Å². The number of benzene rings is 1. The van der Waals surface area contributed by atoms with Gasteiger partial charge in [0.05, 0.1) is 6.61 Å². The number of thioether (sulfide) groups is 1. The summed E-state index contributed by atoms with van der Waals surface area (Å²) in [5.41, 5.74) is 1.17. The Bertz CT molecular complexity index is 307. The highest BCUT2D eigenvalue weighted by Crippen LogP contribution is 2.28. The predicted octanol–water partition coefficient (Wildman–Crippen LogP) is 2.80. The molecule has 1 aromatic rings. The molecule has 15 heavy (non-hydrogen) atoms. The maximum atomic E-state index is 6.14. The summed E-state index contributed by atoms with van der Waals surface area (Å²) in [6.45, 7) is 1.56. The predicted molar refractivity (Wildman–Crippen MR) is 66.8 cm³/mol. The molecule has 0 aliphatic rings. The van der Waals surface area contributed by atoms with Crippen molar-refractivity contribution in [2.24, 2.45) is 0 Å². The van der Waals surface area contributed by atoms with E-state index in [2.05, 4.69) is 11.4 Å². The highest BCUT2D eigenvalue weighted by atomic mass is 35.5. The molecule has 0 bridgehead atoms. The molecule has 1 rings (SSSR count). The lowest BCUT2D eigenvalue weighted by Crippen LogP contribution is -2.07. The Morgan fingerprint density at radius 2 is 2.27 bits per heavy atom. The molecule has 1 N–H and O–H groups in total. The summed E-state index contributed by atoms with van der Waals surface area (Å²) < 4.78 is 5.02. The van der Waals surface area contributed by atoms with E-state index in [1.807, 2.05) is 19.2 Å². The van der Waals surface area contributed by atoms with Crippen molar-refractivity contribution in [3.8, 4) is 0 Å². The largest absolute Gasteiger partial charge is 0.384 e. The first kappa shape index (κ1) is 12.8. The van der Waals surface area contributed by atoms with Crippen LogP contribution in [0.3, 0.4) is 0 Å². The van der Waals surface area contributed by atoms with E-state index in [1.54, 1.807) is 18.9 Å². The third-order valence-electron chi connectivity index (χ3n) is 1.97. The molecule has 0 spiro atoms. The van der Waals surface area contributed by atoms with E-state index in [9.17, 15) is 0 Å². The van der Waals surface area contributed by atoms with Gasteiger partial charge in [-0.25, -0.2) is 0 Å². The van der Waals surface area contributed by atoms with E-state index in [1.165, 1.54) is 10.5 Å². The molecule has 4 heteroatoms. The molecule has 0 saturated heterocycles. The Hall–Kier alpha value is -0.220. The van der Waals surface area contributed by atoms with Gasteiger partial charge in [0.15, 0.2) is 0 Å². The topological polar surface area (TPSA) is 21.3 Å². The van der Waals surface area contributed by atoms with Crippen LogP contribution in [0.1, 0.15) is 5.56 Å². The van der Waals surface area contributed by atoms with Gasteiger partial charge in [0.25, 0.3) is 0 Å². The lowest BCUT2D eigenvalue weighted by Gasteiger charge is -2.10. The number of hydrogen-bond acceptors (Lipinski definition) is 3. The summed E-state index contributed by atoms with van der Waals surface area (Å²) in [5.74, 6) is 0.952. The van der Waals surface area contributed by atoms with Crippen LogP contribution >= 0.6 is 23.4 Å². The Balaban J connectivity index is 2.71. The van der Waals surface area contributed by atoms with Crippen molar-refractivity contribution >= 4 is 23.4 Å². The van der Waals surface area contributed by atoms with Crippen molar-refractivity contribution in [1.29, 1.82) is 0 Å². The quantitative estimate of drug-likeness (QED) is 0.615. The first-order valence-corrected chi connectivity index (χ1v) is 6.19. The van der Waals surface area contributed by atoms with Crippen molar-refractivity contribution < 1.29 is 4.74 Å². The van der Waals surface area contributed by atoms with Crippen molar-refractivity contribution in [2.45, 2.75) is 11.4 Å². The summed E-state index contributed by atoms with van der Waals surface area (Å²) in [4.78, 5) is 1.23. The fraction of sp³-hybridized carbons (Fsp3) is 0.455.